The summed E-state index contributed by atoms with van der Waals surface area (Å²) in [5.74, 6) is -0.243. The van der Waals surface area contributed by atoms with E-state index in [0.717, 1.165) is 16.7 Å². The van der Waals surface area contributed by atoms with Gasteiger partial charge >= 0.3 is 0 Å². The molecular weight excluding hydrogens is 420 g/mol. The predicted molar refractivity (Wildman–Crippen MR) is 123 cm³/mol. The number of ketones is 1. The first kappa shape index (κ1) is 22.1. The molecule has 0 spiro atoms. The number of aryl methyl sites for hydroxylation is 2. The Labute approximate surface area is 191 Å². The number of carbonyl (C=O) groups excluding carboxylic acids is 1. The number of anilines is 1. The van der Waals surface area contributed by atoms with Crippen molar-refractivity contribution in [2.75, 3.05) is 12.0 Å². The van der Waals surface area contributed by atoms with Gasteiger partial charge in [0, 0.05) is 17.7 Å². The normalized spacial score (nSPS) is 18.2. The molecule has 1 atom stereocenters. The molecular formula is C25H24N4O4. The minimum absolute atomic E-state index is 0.0661. The molecule has 0 saturated heterocycles. The van der Waals surface area contributed by atoms with Crippen LogP contribution in [0.3, 0.4) is 0 Å². The zero-order valence-corrected chi connectivity index (χ0v) is 18.7. The number of nitro groups is 1. The molecule has 0 amide bonds. The Bertz CT molecular complexity index is 1290. The molecule has 0 saturated carbocycles. The first-order chi connectivity index (χ1) is 15.8. The van der Waals surface area contributed by atoms with Crippen LogP contribution in [-0.4, -0.2) is 17.8 Å². The third-order valence-corrected chi connectivity index (χ3v) is 6.28. The molecule has 0 fully saturated rings. The number of methoxy groups -OCH3 is 1. The van der Waals surface area contributed by atoms with E-state index in [1.54, 1.807) is 12.1 Å². The van der Waals surface area contributed by atoms with Gasteiger partial charge in [0.25, 0.3) is 5.69 Å². The lowest BCUT2D eigenvalue weighted by Gasteiger charge is -2.39. The average molecular weight is 444 g/mol. The highest BCUT2D eigenvalue weighted by atomic mass is 16.6. The second kappa shape index (κ2) is 8.43. The van der Waals surface area contributed by atoms with Gasteiger partial charge in [0.05, 0.1) is 35.7 Å². The van der Waals surface area contributed by atoms with Crippen LogP contribution in [0.15, 0.2) is 59.1 Å². The molecule has 1 aliphatic carbocycles. The van der Waals surface area contributed by atoms with E-state index in [4.69, 9.17) is 10.5 Å². The van der Waals surface area contributed by atoms with Gasteiger partial charge in [0.1, 0.15) is 17.3 Å². The summed E-state index contributed by atoms with van der Waals surface area (Å²) in [6.45, 7) is 3.89. The van der Waals surface area contributed by atoms with Crippen molar-refractivity contribution in [3.8, 4) is 11.8 Å². The van der Waals surface area contributed by atoms with E-state index in [-0.39, 0.29) is 28.6 Å². The molecule has 2 N–H and O–H groups in total. The van der Waals surface area contributed by atoms with Gasteiger partial charge in [-0.15, -0.1) is 0 Å². The maximum Gasteiger partial charge on any atom is 0.296 e. The first-order valence-corrected chi connectivity index (χ1v) is 10.6. The minimum Gasteiger partial charge on any atom is -0.496 e. The molecule has 1 aliphatic heterocycles. The van der Waals surface area contributed by atoms with Crippen LogP contribution in [0.4, 0.5) is 11.4 Å². The summed E-state index contributed by atoms with van der Waals surface area (Å²) < 4.78 is 5.15. The Kier molecular flexibility index (Phi) is 5.64. The van der Waals surface area contributed by atoms with E-state index in [2.05, 4.69) is 6.07 Å². The van der Waals surface area contributed by atoms with Crippen molar-refractivity contribution in [2.45, 2.75) is 39.0 Å². The van der Waals surface area contributed by atoms with Crippen LogP contribution in [0.25, 0.3) is 0 Å². The number of ether oxygens (including phenoxy) is 1. The summed E-state index contributed by atoms with van der Waals surface area (Å²) >= 11 is 0. The van der Waals surface area contributed by atoms with E-state index in [1.165, 1.54) is 18.1 Å². The summed E-state index contributed by atoms with van der Waals surface area (Å²) in [6.07, 6.45) is 1.48. The monoisotopic (exact) mass is 444 g/mol. The number of allylic oxidation sites excluding steroid dienone is 3. The van der Waals surface area contributed by atoms with Crippen LogP contribution in [0.2, 0.25) is 0 Å². The third kappa shape index (κ3) is 3.61. The number of benzene rings is 2. The fourth-order valence-electron chi connectivity index (χ4n) is 4.71. The SMILES string of the molecule is COc1ccc(N2C(N)=C(C#N)[C@H](c3cc(C)ccc3C)C3=C2CCCC3=O)c([N+](=O)[O-])c1. The van der Waals surface area contributed by atoms with Gasteiger partial charge in [-0.05, 0) is 49.9 Å². The zero-order chi connectivity index (χ0) is 23.9. The highest BCUT2D eigenvalue weighted by Crippen LogP contribution is 2.48. The molecule has 4 rings (SSSR count). The van der Waals surface area contributed by atoms with Gasteiger partial charge in [0.15, 0.2) is 5.78 Å². The molecule has 33 heavy (non-hydrogen) atoms. The van der Waals surface area contributed by atoms with Gasteiger partial charge in [-0.3, -0.25) is 19.8 Å². The quantitative estimate of drug-likeness (QED) is 0.543. The average Bonchev–Trinajstić information content (AvgIpc) is 2.80. The van der Waals surface area contributed by atoms with Crippen molar-refractivity contribution in [3.63, 3.8) is 0 Å². The number of nitrogens with two attached hydrogens (primary N) is 1. The molecule has 0 radical (unpaired) electrons. The second-order valence-electron chi connectivity index (χ2n) is 8.29. The summed E-state index contributed by atoms with van der Waals surface area (Å²) in [4.78, 5) is 26.2. The van der Waals surface area contributed by atoms with Crippen molar-refractivity contribution < 1.29 is 14.5 Å². The molecule has 2 aromatic carbocycles. The van der Waals surface area contributed by atoms with Gasteiger partial charge < -0.3 is 10.5 Å². The van der Waals surface area contributed by atoms with Gasteiger partial charge in [-0.2, -0.15) is 5.26 Å². The number of Topliss-reactive ketones (excluding diaryl/α,β-unsaturated/α-hetero) is 1. The molecule has 0 aromatic heterocycles. The Hall–Kier alpha value is -4.12. The Morgan fingerprint density at radius 2 is 1.97 bits per heavy atom. The van der Waals surface area contributed by atoms with Gasteiger partial charge in [-0.1, -0.05) is 23.8 Å². The van der Waals surface area contributed by atoms with Crippen LogP contribution < -0.4 is 15.4 Å². The van der Waals surface area contributed by atoms with Crippen molar-refractivity contribution in [1.82, 2.24) is 0 Å². The van der Waals surface area contributed by atoms with E-state index >= 15 is 0 Å². The molecule has 8 nitrogen and oxygen atoms in total. The van der Waals surface area contributed by atoms with Crippen LogP contribution in [0, 0.1) is 35.3 Å². The molecule has 1 heterocycles. The Balaban J connectivity index is 2.03. The lowest BCUT2D eigenvalue weighted by atomic mass is 9.74. The molecule has 2 aromatic rings. The standard InChI is InChI=1S/C25H24N4O4/c1-14-7-8-15(2)17(11-14)23-18(13-26)25(27)28(20-5-4-6-22(30)24(20)23)19-10-9-16(33-3)12-21(19)29(31)32/h7-12,23H,4-6,27H2,1-3H3/t23-/m0/s1. The topological polar surface area (TPSA) is 122 Å². The summed E-state index contributed by atoms with van der Waals surface area (Å²) in [5, 5.41) is 22.1. The fraction of sp³-hybridized carbons (Fsp3) is 0.280. The summed E-state index contributed by atoms with van der Waals surface area (Å²) in [6, 6.07) is 12.6. The Morgan fingerprint density at radius 1 is 1.21 bits per heavy atom. The summed E-state index contributed by atoms with van der Waals surface area (Å²) in [7, 11) is 1.43. The third-order valence-electron chi connectivity index (χ3n) is 6.28. The van der Waals surface area contributed by atoms with E-state index in [0.29, 0.717) is 36.3 Å². The molecule has 2 aliphatic rings. The number of nitrogens with zero attached hydrogens (tertiary/aromatic N) is 3. The largest absolute Gasteiger partial charge is 0.496 e. The number of nitriles is 1. The van der Waals surface area contributed by atoms with Gasteiger partial charge in [-0.25, -0.2) is 0 Å². The fourth-order valence-corrected chi connectivity index (χ4v) is 4.71. The molecule has 168 valence electrons. The lowest BCUT2D eigenvalue weighted by molar-refractivity contribution is -0.384. The van der Waals surface area contributed by atoms with E-state index < -0.39 is 10.8 Å². The maximum absolute atomic E-state index is 13.3. The van der Waals surface area contributed by atoms with Crippen molar-refractivity contribution in [2.24, 2.45) is 5.73 Å². The number of hydrogen-bond acceptors (Lipinski definition) is 7. The Morgan fingerprint density at radius 3 is 2.64 bits per heavy atom. The summed E-state index contributed by atoms with van der Waals surface area (Å²) in [5.41, 5.74) is 10.7. The highest BCUT2D eigenvalue weighted by Gasteiger charge is 2.42. The second-order valence-corrected chi connectivity index (χ2v) is 8.29. The van der Waals surface area contributed by atoms with E-state index in [9.17, 15) is 20.2 Å². The zero-order valence-electron chi connectivity index (χ0n) is 18.7. The first-order valence-electron chi connectivity index (χ1n) is 10.6. The van der Waals surface area contributed by atoms with Gasteiger partial charge in [0.2, 0.25) is 0 Å². The number of carbonyl (C=O) groups is 1. The van der Waals surface area contributed by atoms with Crippen molar-refractivity contribution >= 4 is 17.2 Å². The lowest BCUT2D eigenvalue weighted by Crippen LogP contribution is -2.39. The van der Waals surface area contributed by atoms with E-state index in [1.807, 2.05) is 32.0 Å². The highest BCUT2D eigenvalue weighted by molar-refractivity contribution is 6.01. The van der Waals surface area contributed by atoms with Crippen molar-refractivity contribution in [1.29, 1.82) is 5.26 Å². The van der Waals surface area contributed by atoms with Crippen LogP contribution in [0.5, 0.6) is 5.75 Å². The molecule has 0 unspecified atom stereocenters. The number of hydrogen-bond donors (Lipinski definition) is 1. The molecule has 8 heteroatoms. The predicted octanol–water partition coefficient (Wildman–Crippen LogP) is 4.53. The smallest absolute Gasteiger partial charge is 0.296 e. The molecule has 0 bridgehead atoms. The van der Waals surface area contributed by atoms with Crippen molar-refractivity contribution in [3.05, 3.63) is 85.9 Å². The number of rotatable bonds is 4. The van der Waals surface area contributed by atoms with Crippen LogP contribution in [-0.2, 0) is 4.79 Å². The van der Waals surface area contributed by atoms with Crippen LogP contribution in [0.1, 0.15) is 41.9 Å². The minimum atomic E-state index is -0.605. The van der Waals surface area contributed by atoms with Crippen LogP contribution >= 0.6 is 0 Å². The number of nitro benzene ring substituents is 1. The maximum atomic E-state index is 13.3.